The van der Waals surface area contributed by atoms with Gasteiger partial charge in [-0.2, -0.15) is 0 Å². The lowest BCUT2D eigenvalue weighted by molar-refractivity contribution is 0.108. The van der Waals surface area contributed by atoms with E-state index in [1.165, 1.54) is 0 Å². The summed E-state index contributed by atoms with van der Waals surface area (Å²) in [5, 5.41) is 12.0. The second-order valence-electron chi connectivity index (χ2n) is 3.13. The molecule has 2 N–H and O–H groups in total. The van der Waals surface area contributed by atoms with Crippen molar-refractivity contribution in [2.45, 2.75) is 6.10 Å². The zero-order valence-electron chi connectivity index (χ0n) is 8.34. The Morgan fingerprint density at radius 1 is 1.33 bits per heavy atom. The van der Waals surface area contributed by atoms with E-state index >= 15 is 0 Å². The molecule has 5 heteroatoms. The molecular weight excluding hydrogens is 204 g/mol. The molecule has 0 aliphatic heterocycles. The minimum Gasteiger partial charge on any atom is -0.491 e. The molecule has 1 rings (SSSR count). The molecule has 0 fully saturated rings. The molecule has 84 valence electrons. The first-order valence-electron chi connectivity index (χ1n) is 4.53. The number of rotatable bonds is 5. The summed E-state index contributed by atoms with van der Waals surface area (Å²) < 4.78 is 30.4. The van der Waals surface area contributed by atoms with Crippen LogP contribution in [0.4, 0.5) is 8.78 Å². The normalized spacial score (nSPS) is 12.5. The summed E-state index contributed by atoms with van der Waals surface area (Å²) >= 11 is 0. The van der Waals surface area contributed by atoms with Crippen LogP contribution in [0.15, 0.2) is 18.2 Å². The second-order valence-corrected chi connectivity index (χ2v) is 3.13. The number of aliphatic hydroxyl groups excluding tert-OH is 1. The Bertz CT molecular complexity index is 300. The number of ether oxygens (including phenoxy) is 1. The second kappa shape index (κ2) is 5.63. The predicted molar refractivity (Wildman–Crippen MR) is 51.8 cm³/mol. The van der Waals surface area contributed by atoms with E-state index in [1.807, 2.05) is 0 Å². The fraction of sp³-hybridized carbons (Fsp3) is 0.400. The first kappa shape index (κ1) is 11.9. The summed E-state index contributed by atoms with van der Waals surface area (Å²) in [5.74, 6) is -1.33. The Hall–Kier alpha value is -1.20. The molecule has 0 spiro atoms. The smallest absolute Gasteiger partial charge is 0.129 e. The third-order valence-electron chi connectivity index (χ3n) is 1.72. The van der Waals surface area contributed by atoms with Gasteiger partial charge < -0.3 is 15.2 Å². The first-order valence-corrected chi connectivity index (χ1v) is 4.53. The molecule has 0 bridgehead atoms. The summed E-state index contributed by atoms with van der Waals surface area (Å²) in [5.41, 5.74) is 0. The average Bonchev–Trinajstić information content (AvgIpc) is 2.14. The molecule has 1 atom stereocenters. The lowest BCUT2D eigenvalue weighted by atomic mass is 10.3. The van der Waals surface area contributed by atoms with Gasteiger partial charge in [0, 0.05) is 24.7 Å². The summed E-state index contributed by atoms with van der Waals surface area (Å²) in [4.78, 5) is 0. The minimum absolute atomic E-state index is 0.0102. The SMILES string of the molecule is CNCC(O)COc1cc(F)cc(F)c1. The lowest BCUT2D eigenvalue weighted by Gasteiger charge is -2.11. The Morgan fingerprint density at radius 3 is 2.47 bits per heavy atom. The van der Waals surface area contributed by atoms with Gasteiger partial charge in [-0.05, 0) is 7.05 Å². The molecule has 0 amide bonds. The van der Waals surface area contributed by atoms with Crippen molar-refractivity contribution in [1.29, 1.82) is 0 Å². The number of halogens is 2. The number of aliphatic hydroxyl groups is 1. The maximum absolute atomic E-state index is 12.7. The number of benzene rings is 1. The molecular formula is C10H13F2NO2. The van der Waals surface area contributed by atoms with Crippen molar-refractivity contribution in [3.63, 3.8) is 0 Å². The van der Waals surface area contributed by atoms with E-state index < -0.39 is 17.7 Å². The number of hydrogen-bond donors (Lipinski definition) is 2. The molecule has 1 aromatic rings. The summed E-state index contributed by atoms with van der Waals surface area (Å²) in [6.07, 6.45) is -0.707. The Kier molecular flexibility index (Phi) is 4.45. The molecule has 1 unspecified atom stereocenters. The summed E-state index contributed by atoms with van der Waals surface area (Å²) in [6.45, 7) is 0.349. The number of likely N-dealkylation sites (N-methyl/N-ethyl adjacent to an activating group) is 1. The van der Waals surface area contributed by atoms with Crippen LogP contribution < -0.4 is 10.1 Å². The molecule has 0 aliphatic carbocycles. The summed E-state index contributed by atoms with van der Waals surface area (Å²) in [7, 11) is 1.69. The van der Waals surface area contributed by atoms with Gasteiger partial charge in [0.2, 0.25) is 0 Å². The molecule has 0 radical (unpaired) electrons. The fourth-order valence-electron chi connectivity index (χ4n) is 1.10. The Balaban J connectivity index is 2.50. The molecule has 3 nitrogen and oxygen atoms in total. The highest BCUT2D eigenvalue weighted by molar-refractivity contribution is 5.23. The topological polar surface area (TPSA) is 41.5 Å². The monoisotopic (exact) mass is 217 g/mol. The van der Waals surface area contributed by atoms with Gasteiger partial charge >= 0.3 is 0 Å². The maximum atomic E-state index is 12.7. The van der Waals surface area contributed by atoms with Crippen LogP contribution in [0.5, 0.6) is 5.75 Å². The average molecular weight is 217 g/mol. The highest BCUT2D eigenvalue weighted by atomic mass is 19.1. The highest BCUT2D eigenvalue weighted by Gasteiger charge is 2.05. The van der Waals surface area contributed by atoms with Crippen LogP contribution in [0.3, 0.4) is 0 Å². The molecule has 0 heterocycles. The van der Waals surface area contributed by atoms with Crippen molar-refractivity contribution in [1.82, 2.24) is 5.32 Å². The van der Waals surface area contributed by atoms with E-state index in [-0.39, 0.29) is 12.4 Å². The zero-order chi connectivity index (χ0) is 11.3. The highest BCUT2D eigenvalue weighted by Crippen LogP contribution is 2.15. The van der Waals surface area contributed by atoms with E-state index in [1.54, 1.807) is 7.05 Å². The van der Waals surface area contributed by atoms with Crippen molar-refractivity contribution in [2.24, 2.45) is 0 Å². The van der Waals surface area contributed by atoms with Crippen LogP contribution in [0.2, 0.25) is 0 Å². The van der Waals surface area contributed by atoms with Gasteiger partial charge in [0.25, 0.3) is 0 Å². The van der Waals surface area contributed by atoms with E-state index in [9.17, 15) is 13.9 Å². The first-order chi connectivity index (χ1) is 7.11. The molecule has 15 heavy (non-hydrogen) atoms. The minimum atomic E-state index is -0.707. The van der Waals surface area contributed by atoms with Gasteiger partial charge in [0.1, 0.15) is 30.1 Å². The molecule has 1 aromatic carbocycles. The van der Waals surface area contributed by atoms with Crippen LogP contribution >= 0.6 is 0 Å². The van der Waals surface area contributed by atoms with Crippen molar-refractivity contribution >= 4 is 0 Å². The Labute approximate surface area is 86.7 Å². The lowest BCUT2D eigenvalue weighted by Crippen LogP contribution is -2.29. The van der Waals surface area contributed by atoms with E-state index in [2.05, 4.69) is 5.32 Å². The van der Waals surface area contributed by atoms with Gasteiger partial charge in [0.15, 0.2) is 0 Å². The summed E-state index contributed by atoms with van der Waals surface area (Å²) in [6, 6.07) is 2.89. The van der Waals surface area contributed by atoms with Gasteiger partial charge in [-0.15, -0.1) is 0 Å². The van der Waals surface area contributed by atoms with Crippen LogP contribution in [-0.2, 0) is 0 Å². The zero-order valence-corrected chi connectivity index (χ0v) is 8.34. The predicted octanol–water partition coefficient (Wildman–Crippen LogP) is 0.924. The van der Waals surface area contributed by atoms with Gasteiger partial charge in [-0.1, -0.05) is 0 Å². The van der Waals surface area contributed by atoms with Crippen LogP contribution in [-0.4, -0.2) is 31.4 Å². The van der Waals surface area contributed by atoms with Gasteiger partial charge in [-0.3, -0.25) is 0 Å². The molecule has 0 saturated heterocycles. The fourth-order valence-corrected chi connectivity index (χ4v) is 1.10. The van der Waals surface area contributed by atoms with Crippen molar-refractivity contribution < 1.29 is 18.6 Å². The third kappa shape index (κ3) is 4.22. The number of hydrogen-bond acceptors (Lipinski definition) is 3. The van der Waals surface area contributed by atoms with Gasteiger partial charge in [0.05, 0.1) is 0 Å². The molecule has 0 aromatic heterocycles. The van der Waals surface area contributed by atoms with Crippen LogP contribution in [0.25, 0.3) is 0 Å². The molecule has 0 aliphatic rings. The van der Waals surface area contributed by atoms with Crippen LogP contribution in [0, 0.1) is 11.6 Å². The quantitative estimate of drug-likeness (QED) is 0.770. The third-order valence-corrected chi connectivity index (χ3v) is 1.72. The van der Waals surface area contributed by atoms with Crippen LogP contribution in [0.1, 0.15) is 0 Å². The van der Waals surface area contributed by atoms with Gasteiger partial charge in [-0.25, -0.2) is 8.78 Å². The Morgan fingerprint density at radius 2 is 1.93 bits per heavy atom. The van der Waals surface area contributed by atoms with Crippen molar-refractivity contribution in [2.75, 3.05) is 20.2 Å². The van der Waals surface area contributed by atoms with E-state index in [4.69, 9.17) is 4.74 Å². The number of nitrogens with one attached hydrogen (secondary N) is 1. The molecule has 0 saturated carbocycles. The van der Waals surface area contributed by atoms with Crippen molar-refractivity contribution in [3.8, 4) is 5.75 Å². The standard InChI is InChI=1S/C10H13F2NO2/c1-13-5-9(14)6-15-10-3-7(11)2-8(12)4-10/h2-4,9,13-14H,5-6H2,1H3. The maximum Gasteiger partial charge on any atom is 0.129 e. The van der Waals surface area contributed by atoms with Crippen molar-refractivity contribution in [3.05, 3.63) is 29.8 Å². The largest absolute Gasteiger partial charge is 0.491 e. The van der Waals surface area contributed by atoms with E-state index in [0.717, 1.165) is 18.2 Å². The van der Waals surface area contributed by atoms with E-state index in [0.29, 0.717) is 6.54 Å².